The van der Waals surface area contributed by atoms with E-state index in [2.05, 4.69) is 45.4 Å². The minimum absolute atomic E-state index is 0.201. The first-order chi connectivity index (χ1) is 12.9. The Morgan fingerprint density at radius 2 is 1.89 bits per heavy atom. The lowest BCUT2D eigenvalue weighted by molar-refractivity contribution is 0.101. The molecular formula is C20H17BrN4OS. The molecule has 0 atom stereocenters. The van der Waals surface area contributed by atoms with Crippen LogP contribution in [-0.4, -0.2) is 20.7 Å². The van der Waals surface area contributed by atoms with Crippen LogP contribution in [0.1, 0.15) is 21.7 Å². The van der Waals surface area contributed by atoms with E-state index in [0.29, 0.717) is 10.2 Å². The summed E-state index contributed by atoms with van der Waals surface area (Å²) in [6.45, 7) is 3.94. The second kappa shape index (κ2) is 6.90. The molecule has 1 N–H and O–H groups in total. The van der Waals surface area contributed by atoms with Crippen LogP contribution in [0.5, 0.6) is 0 Å². The molecule has 4 rings (SSSR count). The molecule has 0 radical (unpaired) electrons. The Morgan fingerprint density at radius 3 is 2.56 bits per heavy atom. The number of thiazole rings is 1. The predicted molar refractivity (Wildman–Crippen MR) is 113 cm³/mol. The van der Waals surface area contributed by atoms with Crippen LogP contribution in [0.3, 0.4) is 0 Å². The highest BCUT2D eigenvalue weighted by Crippen LogP contribution is 2.31. The summed E-state index contributed by atoms with van der Waals surface area (Å²) >= 11 is 5.10. The molecule has 2 aromatic carbocycles. The van der Waals surface area contributed by atoms with Gasteiger partial charge in [0.1, 0.15) is 10.7 Å². The van der Waals surface area contributed by atoms with Gasteiger partial charge in [0, 0.05) is 18.3 Å². The fourth-order valence-electron chi connectivity index (χ4n) is 2.92. The fourth-order valence-corrected chi connectivity index (χ4v) is 4.51. The van der Waals surface area contributed by atoms with Crippen LogP contribution in [-0.2, 0) is 7.05 Å². The number of hydrogen-bond donors (Lipinski definition) is 1. The molecule has 7 heteroatoms. The predicted octanol–water partition coefficient (Wildman–Crippen LogP) is 5.33. The van der Waals surface area contributed by atoms with Gasteiger partial charge >= 0.3 is 0 Å². The van der Waals surface area contributed by atoms with Gasteiger partial charge < -0.3 is 5.32 Å². The van der Waals surface area contributed by atoms with E-state index in [0.717, 1.165) is 27.5 Å². The number of carbonyl (C=O) groups excluding carboxylic acids is 1. The molecule has 0 unspecified atom stereocenters. The molecule has 0 aliphatic heterocycles. The molecule has 136 valence electrons. The zero-order chi connectivity index (χ0) is 19.1. The highest BCUT2D eigenvalue weighted by atomic mass is 79.9. The van der Waals surface area contributed by atoms with Crippen LogP contribution in [0, 0.1) is 13.8 Å². The van der Waals surface area contributed by atoms with E-state index in [9.17, 15) is 4.79 Å². The van der Waals surface area contributed by atoms with Crippen molar-refractivity contribution in [2.45, 2.75) is 13.8 Å². The maximum absolute atomic E-state index is 12.6. The second-order valence-electron chi connectivity index (χ2n) is 6.39. The summed E-state index contributed by atoms with van der Waals surface area (Å²) in [5.41, 5.74) is 5.28. The highest BCUT2D eigenvalue weighted by Gasteiger charge is 2.18. The summed E-state index contributed by atoms with van der Waals surface area (Å²) in [4.78, 5) is 17.3. The van der Waals surface area contributed by atoms with Crippen molar-refractivity contribution in [2.75, 3.05) is 5.32 Å². The number of aryl methyl sites for hydroxylation is 3. The van der Waals surface area contributed by atoms with Gasteiger partial charge in [-0.1, -0.05) is 6.07 Å². The monoisotopic (exact) mass is 440 g/mol. The van der Waals surface area contributed by atoms with Gasteiger partial charge in [-0.05, 0) is 71.7 Å². The molecule has 2 heterocycles. The van der Waals surface area contributed by atoms with E-state index in [1.165, 1.54) is 10.3 Å². The normalized spacial score (nSPS) is 11.1. The van der Waals surface area contributed by atoms with Crippen molar-refractivity contribution >= 4 is 49.1 Å². The number of nitrogens with zero attached hydrogens (tertiary/aromatic N) is 3. The molecule has 0 fully saturated rings. The third-order valence-electron chi connectivity index (χ3n) is 4.30. The van der Waals surface area contributed by atoms with Crippen molar-refractivity contribution in [3.05, 3.63) is 63.9 Å². The molecule has 0 saturated heterocycles. The number of halogens is 1. The topological polar surface area (TPSA) is 59.8 Å². The SMILES string of the molecule is Cc1ccc2nc(-c3ccc(NC(=O)c4c(Br)c(C)nn4C)cc3)sc2c1. The van der Waals surface area contributed by atoms with Gasteiger partial charge in [-0.2, -0.15) is 5.10 Å². The molecule has 2 aromatic heterocycles. The van der Waals surface area contributed by atoms with E-state index in [1.807, 2.05) is 37.3 Å². The number of benzene rings is 2. The fraction of sp³-hybridized carbons (Fsp3) is 0.150. The summed E-state index contributed by atoms with van der Waals surface area (Å²) in [6, 6.07) is 14.0. The number of amides is 1. The molecule has 0 aliphatic rings. The van der Waals surface area contributed by atoms with E-state index < -0.39 is 0 Å². The maximum Gasteiger partial charge on any atom is 0.275 e. The average molecular weight is 441 g/mol. The molecule has 5 nitrogen and oxygen atoms in total. The Bertz CT molecular complexity index is 1160. The minimum atomic E-state index is -0.201. The first-order valence-corrected chi connectivity index (χ1v) is 10.0. The van der Waals surface area contributed by atoms with Crippen LogP contribution in [0.25, 0.3) is 20.8 Å². The van der Waals surface area contributed by atoms with Crippen molar-refractivity contribution in [1.29, 1.82) is 0 Å². The molecule has 0 saturated carbocycles. The van der Waals surface area contributed by atoms with Crippen molar-refractivity contribution in [2.24, 2.45) is 7.05 Å². The highest BCUT2D eigenvalue weighted by molar-refractivity contribution is 9.10. The lowest BCUT2D eigenvalue weighted by atomic mass is 10.2. The molecule has 1 amide bonds. The summed E-state index contributed by atoms with van der Waals surface area (Å²) in [7, 11) is 1.75. The summed E-state index contributed by atoms with van der Waals surface area (Å²) in [5.74, 6) is -0.201. The Hall–Kier alpha value is -2.51. The van der Waals surface area contributed by atoms with Crippen molar-refractivity contribution in [3.8, 4) is 10.6 Å². The zero-order valence-electron chi connectivity index (χ0n) is 15.1. The molecule has 27 heavy (non-hydrogen) atoms. The van der Waals surface area contributed by atoms with Gasteiger partial charge in [0.25, 0.3) is 5.91 Å². The minimum Gasteiger partial charge on any atom is -0.321 e. The standard InChI is InChI=1S/C20H17BrN4OS/c1-11-4-9-15-16(10-11)27-20(23-15)13-5-7-14(8-6-13)22-19(26)18-17(21)12(2)24-25(18)3/h4-10H,1-3H3,(H,22,26). The van der Waals surface area contributed by atoms with Crippen molar-refractivity contribution < 1.29 is 4.79 Å². The van der Waals surface area contributed by atoms with E-state index in [-0.39, 0.29) is 5.91 Å². The van der Waals surface area contributed by atoms with Gasteiger partial charge in [0.15, 0.2) is 0 Å². The lowest BCUT2D eigenvalue weighted by Crippen LogP contribution is -2.16. The van der Waals surface area contributed by atoms with Crippen LogP contribution in [0.15, 0.2) is 46.9 Å². The van der Waals surface area contributed by atoms with E-state index in [4.69, 9.17) is 4.98 Å². The quantitative estimate of drug-likeness (QED) is 0.468. The van der Waals surface area contributed by atoms with Crippen LogP contribution in [0.2, 0.25) is 0 Å². The second-order valence-corrected chi connectivity index (χ2v) is 8.22. The first kappa shape index (κ1) is 17.9. The molecule has 0 bridgehead atoms. The third kappa shape index (κ3) is 3.40. The van der Waals surface area contributed by atoms with Gasteiger partial charge in [-0.25, -0.2) is 4.98 Å². The Morgan fingerprint density at radius 1 is 1.15 bits per heavy atom. The van der Waals surface area contributed by atoms with E-state index in [1.54, 1.807) is 23.1 Å². The Kier molecular flexibility index (Phi) is 4.57. The molecular weight excluding hydrogens is 424 g/mol. The van der Waals surface area contributed by atoms with Gasteiger partial charge in [0.05, 0.1) is 20.4 Å². The largest absolute Gasteiger partial charge is 0.321 e. The smallest absolute Gasteiger partial charge is 0.275 e. The zero-order valence-corrected chi connectivity index (χ0v) is 17.5. The molecule has 0 aliphatic carbocycles. The van der Waals surface area contributed by atoms with Crippen LogP contribution in [0.4, 0.5) is 5.69 Å². The number of rotatable bonds is 3. The Balaban J connectivity index is 1.57. The van der Waals surface area contributed by atoms with Gasteiger partial charge in [-0.3, -0.25) is 9.48 Å². The summed E-state index contributed by atoms with van der Waals surface area (Å²) in [6.07, 6.45) is 0. The van der Waals surface area contributed by atoms with Gasteiger partial charge in [-0.15, -0.1) is 11.3 Å². The maximum atomic E-state index is 12.6. The number of anilines is 1. The van der Waals surface area contributed by atoms with E-state index >= 15 is 0 Å². The number of fused-ring (bicyclic) bond motifs is 1. The average Bonchev–Trinajstić information content (AvgIpc) is 3.15. The van der Waals surface area contributed by atoms with Crippen molar-refractivity contribution in [1.82, 2.24) is 14.8 Å². The third-order valence-corrected chi connectivity index (χ3v) is 6.31. The van der Waals surface area contributed by atoms with Gasteiger partial charge in [0.2, 0.25) is 0 Å². The number of aromatic nitrogens is 3. The van der Waals surface area contributed by atoms with Crippen molar-refractivity contribution in [3.63, 3.8) is 0 Å². The summed E-state index contributed by atoms with van der Waals surface area (Å²) in [5, 5.41) is 8.15. The lowest BCUT2D eigenvalue weighted by Gasteiger charge is -2.06. The number of nitrogens with one attached hydrogen (secondary N) is 1. The number of carbonyl (C=O) groups is 1. The number of hydrogen-bond acceptors (Lipinski definition) is 4. The first-order valence-electron chi connectivity index (χ1n) is 8.40. The summed E-state index contributed by atoms with van der Waals surface area (Å²) < 4.78 is 3.47. The molecule has 0 spiro atoms. The van der Waals surface area contributed by atoms with Crippen LogP contribution < -0.4 is 5.32 Å². The Labute approximate surface area is 169 Å². The van der Waals surface area contributed by atoms with Crippen LogP contribution >= 0.6 is 27.3 Å². The molecule has 4 aromatic rings.